The van der Waals surface area contributed by atoms with Gasteiger partial charge in [0.05, 0.1) is 20.6 Å². The van der Waals surface area contributed by atoms with Crippen molar-refractivity contribution < 1.29 is 14.1 Å². The van der Waals surface area contributed by atoms with E-state index in [2.05, 4.69) is 6.58 Å². The van der Waals surface area contributed by atoms with Gasteiger partial charge in [0.1, 0.15) is 0 Å². The molecule has 0 saturated carbocycles. The minimum absolute atomic E-state index is 0.254. The number of amides is 1. The maximum absolute atomic E-state index is 11.8. The highest BCUT2D eigenvalue weighted by Crippen LogP contribution is 2.22. The lowest BCUT2D eigenvalue weighted by molar-refractivity contribution is -0.919. The molecule has 0 saturated heterocycles. The second-order valence-corrected chi connectivity index (χ2v) is 4.41. The topological polar surface area (TPSA) is 60.2 Å². The maximum atomic E-state index is 11.8. The Hall–Kier alpha value is -1.16. The van der Waals surface area contributed by atoms with Crippen molar-refractivity contribution in [3.8, 4) is 0 Å². The Morgan fingerprint density at radius 3 is 2.20 bits per heavy atom. The average molecular weight is 213 g/mol. The van der Waals surface area contributed by atoms with E-state index in [0.717, 1.165) is 6.42 Å². The normalized spacial score (nSPS) is 15.5. The zero-order valence-electron chi connectivity index (χ0n) is 10.0. The number of primary amides is 1. The standard InChI is InChI=1S/C11H20N2O2/c1-6-8-13(4,5)11(3,10(12)15)9(14)7-2/h7H,2,6,8H2,1,3-5H3,(H-,12,15)/p+1. The molecule has 0 aromatic heterocycles. The van der Waals surface area contributed by atoms with Gasteiger partial charge in [0, 0.05) is 6.92 Å². The van der Waals surface area contributed by atoms with Crippen LogP contribution in [0.25, 0.3) is 0 Å². The summed E-state index contributed by atoms with van der Waals surface area (Å²) in [6.45, 7) is 7.70. The molecule has 0 bridgehead atoms. The summed E-state index contributed by atoms with van der Waals surface area (Å²) in [5.41, 5.74) is 4.12. The number of nitrogens with two attached hydrogens (primary N) is 1. The molecule has 86 valence electrons. The molecule has 1 unspecified atom stereocenters. The van der Waals surface area contributed by atoms with Crippen molar-refractivity contribution >= 4 is 11.7 Å². The smallest absolute Gasteiger partial charge is 0.287 e. The summed E-state index contributed by atoms with van der Waals surface area (Å²) in [5.74, 6) is -0.931. The van der Waals surface area contributed by atoms with E-state index in [1.165, 1.54) is 6.08 Å². The van der Waals surface area contributed by atoms with Gasteiger partial charge in [-0.2, -0.15) is 0 Å². The molecule has 0 radical (unpaired) electrons. The van der Waals surface area contributed by atoms with Crippen LogP contribution in [0, 0.1) is 0 Å². The molecule has 0 aliphatic heterocycles. The lowest BCUT2D eigenvalue weighted by atomic mass is 9.90. The van der Waals surface area contributed by atoms with Gasteiger partial charge in [-0.1, -0.05) is 13.5 Å². The second kappa shape index (κ2) is 4.57. The van der Waals surface area contributed by atoms with Gasteiger partial charge in [-0.05, 0) is 12.5 Å². The number of nitrogens with zero attached hydrogens (tertiary/aromatic N) is 1. The molecule has 0 rings (SSSR count). The van der Waals surface area contributed by atoms with Crippen LogP contribution in [0.2, 0.25) is 0 Å². The average Bonchev–Trinajstić information content (AvgIpc) is 2.14. The highest BCUT2D eigenvalue weighted by atomic mass is 16.2. The Balaban J connectivity index is 5.38. The zero-order chi connectivity index (χ0) is 12.3. The van der Waals surface area contributed by atoms with E-state index in [-0.39, 0.29) is 10.3 Å². The molecule has 2 N–H and O–H groups in total. The van der Waals surface area contributed by atoms with Gasteiger partial charge in [0.2, 0.25) is 11.3 Å². The van der Waals surface area contributed by atoms with Crippen LogP contribution in [0.4, 0.5) is 0 Å². The Morgan fingerprint density at radius 2 is 1.93 bits per heavy atom. The van der Waals surface area contributed by atoms with Gasteiger partial charge >= 0.3 is 0 Å². The number of hydrogen-bond donors (Lipinski definition) is 1. The number of hydrogen-bond acceptors (Lipinski definition) is 2. The van der Waals surface area contributed by atoms with Crippen molar-refractivity contribution in [2.75, 3.05) is 20.6 Å². The molecule has 0 aromatic carbocycles. The highest BCUT2D eigenvalue weighted by molar-refractivity contribution is 6.12. The van der Waals surface area contributed by atoms with E-state index in [1.807, 2.05) is 21.0 Å². The fourth-order valence-electron chi connectivity index (χ4n) is 1.70. The van der Waals surface area contributed by atoms with E-state index in [0.29, 0.717) is 6.54 Å². The van der Waals surface area contributed by atoms with Gasteiger partial charge < -0.3 is 10.2 Å². The zero-order valence-corrected chi connectivity index (χ0v) is 10.0. The lowest BCUT2D eigenvalue weighted by Crippen LogP contribution is -2.68. The monoisotopic (exact) mass is 213 g/mol. The van der Waals surface area contributed by atoms with Crippen molar-refractivity contribution in [3.05, 3.63) is 12.7 Å². The number of ketones is 1. The van der Waals surface area contributed by atoms with E-state index in [1.54, 1.807) is 6.92 Å². The Labute approximate surface area is 91.3 Å². The van der Waals surface area contributed by atoms with Crippen molar-refractivity contribution in [2.24, 2.45) is 5.73 Å². The van der Waals surface area contributed by atoms with E-state index in [9.17, 15) is 9.59 Å². The quantitative estimate of drug-likeness (QED) is 0.396. The van der Waals surface area contributed by atoms with Gasteiger partial charge in [-0.25, -0.2) is 0 Å². The molecule has 0 aromatic rings. The fraction of sp³-hybridized carbons (Fsp3) is 0.636. The molecular weight excluding hydrogens is 192 g/mol. The molecule has 15 heavy (non-hydrogen) atoms. The minimum atomic E-state index is -1.22. The number of rotatable bonds is 6. The van der Waals surface area contributed by atoms with Crippen LogP contribution in [0.5, 0.6) is 0 Å². The first kappa shape index (κ1) is 13.8. The van der Waals surface area contributed by atoms with Gasteiger partial charge in [-0.15, -0.1) is 0 Å². The summed E-state index contributed by atoms with van der Waals surface area (Å²) in [4.78, 5) is 23.2. The number of carbonyl (C=O) groups excluding carboxylic acids is 2. The SMILES string of the molecule is C=CC(=O)C(C)(C(N)=O)[N+](C)(C)CCC. The molecule has 1 amide bonds. The predicted molar refractivity (Wildman–Crippen MR) is 60.1 cm³/mol. The summed E-state index contributed by atoms with van der Waals surface area (Å²) < 4.78 is 0.254. The molecule has 0 heterocycles. The molecule has 0 spiro atoms. The summed E-state index contributed by atoms with van der Waals surface area (Å²) in [6.07, 6.45) is 2.04. The van der Waals surface area contributed by atoms with E-state index < -0.39 is 11.4 Å². The largest absolute Gasteiger partial charge is 0.364 e. The minimum Gasteiger partial charge on any atom is -0.364 e. The first-order chi connectivity index (χ1) is 6.74. The summed E-state index contributed by atoms with van der Waals surface area (Å²) in [6, 6.07) is 0. The second-order valence-electron chi connectivity index (χ2n) is 4.41. The predicted octanol–water partition coefficient (Wildman–Crippen LogP) is 0.472. The summed E-state index contributed by atoms with van der Waals surface area (Å²) >= 11 is 0. The number of carbonyl (C=O) groups is 2. The third kappa shape index (κ3) is 2.26. The Bertz CT molecular complexity index is 284. The molecule has 0 aliphatic carbocycles. The van der Waals surface area contributed by atoms with Crippen LogP contribution in [-0.2, 0) is 9.59 Å². The highest BCUT2D eigenvalue weighted by Gasteiger charge is 2.51. The molecule has 4 heteroatoms. The van der Waals surface area contributed by atoms with Crippen molar-refractivity contribution in [1.29, 1.82) is 0 Å². The third-order valence-corrected chi connectivity index (χ3v) is 3.14. The van der Waals surface area contributed by atoms with Crippen LogP contribution in [-0.4, -0.2) is 42.4 Å². The van der Waals surface area contributed by atoms with Crippen molar-refractivity contribution in [3.63, 3.8) is 0 Å². The number of quaternary nitrogens is 1. The van der Waals surface area contributed by atoms with Gasteiger partial charge in [0.15, 0.2) is 0 Å². The van der Waals surface area contributed by atoms with Crippen LogP contribution in [0.1, 0.15) is 20.3 Å². The molecule has 0 fully saturated rings. The van der Waals surface area contributed by atoms with Crippen molar-refractivity contribution in [1.82, 2.24) is 0 Å². The van der Waals surface area contributed by atoms with Crippen LogP contribution < -0.4 is 5.73 Å². The summed E-state index contributed by atoms with van der Waals surface area (Å²) in [7, 11) is 3.66. The molecule has 1 atom stereocenters. The van der Waals surface area contributed by atoms with E-state index >= 15 is 0 Å². The molecule has 0 aliphatic rings. The molecular formula is C11H21N2O2+. The van der Waals surface area contributed by atoms with Crippen molar-refractivity contribution in [2.45, 2.75) is 25.8 Å². The lowest BCUT2D eigenvalue weighted by Gasteiger charge is -2.42. The fourth-order valence-corrected chi connectivity index (χ4v) is 1.70. The Morgan fingerprint density at radius 1 is 1.47 bits per heavy atom. The maximum Gasteiger partial charge on any atom is 0.287 e. The molecule has 4 nitrogen and oxygen atoms in total. The number of likely N-dealkylation sites (N-methyl/N-ethyl adjacent to an activating group) is 1. The van der Waals surface area contributed by atoms with Gasteiger partial charge in [-0.3, -0.25) is 9.59 Å². The third-order valence-electron chi connectivity index (χ3n) is 3.14. The van der Waals surface area contributed by atoms with Gasteiger partial charge in [0.25, 0.3) is 5.91 Å². The van der Waals surface area contributed by atoms with Crippen LogP contribution >= 0.6 is 0 Å². The Kier molecular flexibility index (Phi) is 4.22. The van der Waals surface area contributed by atoms with E-state index in [4.69, 9.17) is 5.73 Å². The first-order valence-electron chi connectivity index (χ1n) is 5.04. The van der Waals surface area contributed by atoms with Crippen LogP contribution in [0.15, 0.2) is 12.7 Å². The summed E-state index contributed by atoms with van der Waals surface area (Å²) in [5, 5.41) is 0. The van der Waals surface area contributed by atoms with Crippen LogP contribution in [0.3, 0.4) is 0 Å². The first-order valence-corrected chi connectivity index (χ1v) is 5.04.